The Labute approximate surface area is 211 Å². The van der Waals surface area contributed by atoms with Crippen molar-refractivity contribution in [1.82, 2.24) is 15.1 Å². The van der Waals surface area contributed by atoms with Crippen molar-refractivity contribution >= 4 is 12.3 Å². The van der Waals surface area contributed by atoms with Gasteiger partial charge in [0.1, 0.15) is 0 Å². The molecule has 0 radical (unpaired) electrons. The molecule has 1 saturated carbocycles. The van der Waals surface area contributed by atoms with Crippen molar-refractivity contribution in [3.63, 3.8) is 0 Å². The van der Waals surface area contributed by atoms with E-state index in [0.717, 1.165) is 51.7 Å². The van der Waals surface area contributed by atoms with Crippen LogP contribution in [-0.4, -0.2) is 66.3 Å². The molecule has 0 bridgehead atoms. The summed E-state index contributed by atoms with van der Waals surface area (Å²) in [6.07, 6.45) is 8.19. The van der Waals surface area contributed by atoms with Crippen LogP contribution in [0.25, 0.3) is 0 Å². The van der Waals surface area contributed by atoms with Gasteiger partial charge in [-0.3, -0.25) is 9.59 Å². The van der Waals surface area contributed by atoms with Crippen LogP contribution < -0.4 is 5.32 Å². The second-order valence-electron chi connectivity index (χ2n) is 9.30. The molecule has 1 atom stereocenters. The number of rotatable bonds is 9. The van der Waals surface area contributed by atoms with Crippen LogP contribution in [0.4, 0.5) is 8.78 Å². The van der Waals surface area contributed by atoms with Crippen LogP contribution in [0.3, 0.4) is 0 Å². The predicted molar refractivity (Wildman–Crippen MR) is 140 cm³/mol. The highest BCUT2D eigenvalue weighted by molar-refractivity contribution is 5.76. The number of alkyl halides is 2. The highest BCUT2D eigenvalue weighted by atomic mass is 19.3. The van der Waals surface area contributed by atoms with Crippen molar-refractivity contribution in [2.45, 2.75) is 103 Å². The van der Waals surface area contributed by atoms with E-state index >= 15 is 0 Å². The summed E-state index contributed by atoms with van der Waals surface area (Å²) >= 11 is 0. The molecule has 200 valence electrons. The van der Waals surface area contributed by atoms with Crippen molar-refractivity contribution in [3.8, 4) is 0 Å². The van der Waals surface area contributed by atoms with Crippen LogP contribution in [0, 0.1) is 0 Å². The molecule has 1 aromatic carbocycles. The molecular formula is C28H47F2N3O2. The third-order valence-corrected chi connectivity index (χ3v) is 6.61. The summed E-state index contributed by atoms with van der Waals surface area (Å²) in [5, 5.41) is 3.05. The Morgan fingerprint density at radius 2 is 1.51 bits per heavy atom. The number of hydrogen-bond acceptors (Lipinski definition) is 3. The number of carbonyl (C=O) groups excluding carboxylic acids is 2. The van der Waals surface area contributed by atoms with Gasteiger partial charge in [-0.2, -0.15) is 0 Å². The number of halogens is 2. The van der Waals surface area contributed by atoms with Crippen LogP contribution in [0.15, 0.2) is 36.4 Å². The quantitative estimate of drug-likeness (QED) is 0.434. The molecule has 1 N–H and O–H groups in total. The first-order valence-electron chi connectivity index (χ1n) is 13.5. The molecule has 1 spiro atoms. The maximum atomic E-state index is 11.9. The maximum absolute atomic E-state index is 11.9. The van der Waals surface area contributed by atoms with E-state index < -0.39 is 6.43 Å². The van der Waals surface area contributed by atoms with Crippen molar-refractivity contribution in [1.29, 1.82) is 0 Å². The molecule has 3 fully saturated rings. The minimum absolute atomic E-state index is 0.100. The first-order chi connectivity index (χ1) is 17.0. The van der Waals surface area contributed by atoms with Gasteiger partial charge < -0.3 is 15.1 Å². The Kier molecular flexibility index (Phi) is 16.2. The van der Waals surface area contributed by atoms with Crippen molar-refractivity contribution < 1.29 is 18.4 Å². The smallest absolute Gasteiger partial charge is 0.239 e. The van der Waals surface area contributed by atoms with Gasteiger partial charge >= 0.3 is 0 Å². The van der Waals surface area contributed by atoms with Gasteiger partial charge in [0.15, 0.2) is 0 Å². The molecule has 2 amide bonds. The van der Waals surface area contributed by atoms with Gasteiger partial charge in [-0.25, -0.2) is 8.78 Å². The van der Waals surface area contributed by atoms with Crippen LogP contribution in [-0.2, 0) is 9.59 Å². The highest BCUT2D eigenvalue weighted by Crippen LogP contribution is 2.48. The van der Waals surface area contributed by atoms with Gasteiger partial charge in [-0.1, -0.05) is 50.2 Å². The zero-order valence-electron chi connectivity index (χ0n) is 22.1. The molecule has 1 aromatic rings. The Morgan fingerprint density at radius 1 is 0.943 bits per heavy atom. The van der Waals surface area contributed by atoms with Crippen LogP contribution in [0.2, 0.25) is 0 Å². The molecule has 0 aromatic heterocycles. The van der Waals surface area contributed by atoms with Gasteiger partial charge in [-0.05, 0) is 58.3 Å². The molecule has 4 rings (SSSR count). The molecule has 2 aliphatic heterocycles. The molecule has 2 heterocycles. The molecule has 1 unspecified atom stereocenters. The predicted octanol–water partition coefficient (Wildman–Crippen LogP) is 5.90. The van der Waals surface area contributed by atoms with Crippen molar-refractivity contribution in [2.24, 2.45) is 0 Å². The Morgan fingerprint density at radius 3 is 1.97 bits per heavy atom. The molecule has 5 nitrogen and oxygen atoms in total. The lowest BCUT2D eigenvalue weighted by Crippen LogP contribution is -2.30. The van der Waals surface area contributed by atoms with E-state index in [-0.39, 0.29) is 18.4 Å². The topological polar surface area (TPSA) is 52.7 Å². The van der Waals surface area contributed by atoms with Crippen LogP contribution in [0.1, 0.15) is 85.0 Å². The third kappa shape index (κ3) is 13.0. The molecule has 1 aliphatic carbocycles. The number of hydrogen-bond donors (Lipinski definition) is 1. The lowest BCUT2D eigenvalue weighted by molar-refractivity contribution is -0.130. The molecule has 7 heteroatoms. The zero-order chi connectivity index (χ0) is 25.9. The minimum Gasteiger partial charge on any atom is -0.343 e. The second-order valence-corrected chi connectivity index (χ2v) is 9.30. The summed E-state index contributed by atoms with van der Waals surface area (Å²) in [7, 11) is 0. The first kappa shape index (κ1) is 31.0. The summed E-state index contributed by atoms with van der Waals surface area (Å²) in [5.41, 5.74) is 0.377. The highest BCUT2D eigenvalue weighted by Gasteiger charge is 2.50. The standard InChI is InChI=1S/C13H24F2N2O.C7H11NO.C6H6.C2H6/c1-11(16-8-7-12(14)15)5-4-6-13(18)17-9-2-3-10-17;9-6-8-5-1-2-7(8)3-4-7;1-2-4-6-5-3-1;1-2/h11-12,16H,2-10H2,1H3;6H,1-5H2;1-6H;1-2H3. The summed E-state index contributed by atoms with van der Waals surface area (Å²) < 4.78 is 23.9. The first-order valence-corrected chi connectivity index (χ1v) is 13.5. The number of carbonyl (C=O) groups is 2. The second kappa shape index (κ2) is 18.3. The van der Waals surface area contributed by atoms with Gasteiger partial charge in [0, 0.05) is 50.6 Å². The summed E-state index contributed by atoms with van der Waals surface area (Å²) in [4.78, 5) is 26.0. The Balaban J connectivity index is 0.000000294. The lowest BCUT2D eigenvalue weighted by atomic mass is 10.1. The summed E-state index contributed by atoms with van der Waals surface area (Å²) in [5.74, 6) is 0.243. The fourth-order valence-electron chi connectivity index (χ4n) is 4.42. The Bertz CT molecular complexity index is 639. The number of likely N-dealkylation sites (tertiary alicyclic amines) is 2. The number of amides is 2. The van der Waals surface area contributed by atoms with Crippen LogP contribution >= 0.6 is 0 Å². The van der Waals surface area contributed by atoms with E-state index in [1.165, 1.54) is 25.7 Å². The average molecular weight is 496 g/mol. The largest absolute Gasteiger partial charge is 0.343 e. The normalized spacial score (nSPS) is 18.0. The molecule has 2 saturated heterocycles. The van der Waals surface area contributed by atoms with E-state index in [2.05, 4.69) is 5.32 Å². The number of nitrogens with one attached hydrogen (secondary N) is 1. The fourth-order valence-corrected chi connectivity index (χ4v) is 4.42. The van der Waals surface area contributed by atoms with Crippen molar-refractivity contribution in [3.05, 3.63) is 36.4 Å². The van der Waals surface area contributed by atoms with Gasteiger partial charge in [-0.15, -0.1) is 0 Å². The zero-order valence-corrected chi connectivity index (χ0v) is 22.1. The van der Waals surface area contributed by atoms with Crippen LogP contribution in [0.5, 0.6) is 0 Å². The van der Waals surface area contributed by atoms with E-state index in [9.17, 15) is 18.4 Å². The van der Waals surface area contributed by atoms with Gasteiger partial charge in [0.2, 0.25) is 18.7 Å². The Hall–Kier alpha value is -2.02. The average Bonchev–Trinajstić information content (AvgIpc) is 3.26. The molecular weight excluding hydrogens is 448 g/mol. The minimum atomic E-state index is -2.23. The van der Waals surface area contributed by atoms with E-state index in [1.54, 1.807) is 0 Å². The third-order valence-electron chi connectivity index (χ3n) is 6.61. The molecule has 35 heavy (non-hydrogen) atoms. The summed E-state index contributed by atoms with van der Waals surface area (Å²) in [6, 6.07) is 12.2. The maximum Gasteiger partial charge on any atom is 0.239 e. The lowest BCUT2D eigenvalue weighted by Gasteiger charge is -2.17. The molecule has 3 aliphatic rings. The SMILES string of the molecule is CC.CC(CCCC(=O)N1CCCC1)NCCC(F)F.O=CN1CCCC12CC2.c1ccccc1. The monoisotopic (exact) mass is 495 g/mol. The van der Waals surface area contributed by atoms with Crippen molar-refractivity contribution in [2.75, 3.05) is 26.2 Å². The van der Waals surface area contributed by atoms with Gasteiger partial charge in [0.25, 0.3) is 0 Å². The number of benzene rings is 1. The number of nitrogens with zero attached hydrogens (tertiary/aromatic N) is 2. The van der Waals surface area contributed by atoms with E-state index in [1.807, 2.05) is 67.0 Å². The van der Waals surface area contributed by atoms with Gasteiger partial charge in [0.05, 0.1) is 0 Å². The van der Waals surface area contributed by atoms with E-state index in [4.69, 9.17) is 0 Å². The summed E-state index contributed by atoms with van der Waals surface area (Å²) in [6.45, 7) is 9.14. The fraction of sp³-hybridized carbons (Fsp3) is 0.714. The van der Waals surface area contributed by atoms with E-state index in [0.29, 0.717) is 18.5 Å².